The van der Waals surface area contributed by atoms with Crippen molar-refractivity contribution < 1.29 is 33.4 Å². The molecule has 6 aliphatic rings. The van der Waals surface area contributed by atoms with Crippen LogP contribution in [0.25, 0.3) is 0 Å². The lowest BCUT2D eigenvalue weighted by Gasteiger charge is -2.62. The molecule has 44 heavy (non-hydrogen) atoms. The largest absolute Gasteiger partial charge is 0.423 e. The van der Waals surface area contributed by atoms with Crippen molar-refractivity contribution in [2.24, 2.45) is 23.7 Å². The number of benzene rings is 1. The number of carbonyl (C=O) groups is 5. The van der Waals surface area contributed by atoms with E-state index in [-0.39, 0.29) is 17.4 Å². The van der Waals surface area contributed by atoms with Crippen LogP contribution in [0.1, 0.15) is 52.4 Å². The van der Waals surface area contributed by atoms with Crippen LogP contribution in [-0.2, 0) is 33.4 Å². The second kappa shape index (κ2) is 10.8. The van der Waals surface area contributed by atoms with Gasteiger partial charge in [-0.05, 0) is 68.6 Å². The SMILES string of the molecule is CC(C)C1CCC(N2CCC3(CC2)C(N2C(=O)C4C=CC5=C(OC(=O)/C=C/C(=O)O5)C4C2=O)C(=O)N3c2ccccc2)CC1. The van der Waals surface area contributed by atoms with E-state index in [1.54, 1.807) is 4.90 Å². The van der Waals surface area contributed by atoms with Gasteiger partial charge in [0, 0.05) is 37.0 Å². The van der Waals surface area contributed by atoms with Crippen LogP contribution >= 0.6 is 0 Å². The molecule has 3 amide bonds. The Morgan fingerprint density at radius 2 is 1.45 bits per heavy atom. The van der Waals surface area contributed by atoms with Crippen molar-refractivity contribution >= 4 is 35.3 Å². The number of esters is 2. The first kappa shape index (κ1) is 28.7. The highest BCUT2D eigenvalue weighted by molar-refractivity contribution is 6.16. The molecular weight excluding hydrogens is 562 g/mol. The van der Waals surface area contributed by atoms with Crippen molar-refractivity contribution in [2.75, 3.05) is 18.0 Å². The number of carbonyl (C=O) groups excluding carboxylic acids is 5. The predicted molar refractivity (Wildman–Crippen MR) is 158 cm³/mol. The average molecular weight is 600 g/mol. The highest BCUT2D eigenvalue weighted by atomic mass is 16.6. The lowest BCUT2D eigenvalue weighted by Crippen LogP contribution is -2.82. The van der Waals surface area contributed by atoms with Crippen molar-refractivity contribution in [3.63, 3.8) is 0 Å². The van der Waals surface area contributed by atoms with E-state index >= 15 is 0 Å². The molecular formula is C34H37N3O7. The number of ether oxygens (including phenoxy) is 2. The number of para-hydroxylation sites is 1. The van der Waals surface area contributed by atoms with Gasteiger partial charge in [-0.15, -0.1) is 0 Å². The summed E-state index contributed by atoms with van der Waals surface area (Å²) in [6.45, 7) is 6.14. The molecule has 7 rings (SSSR count). The van der Waals surface area contributed by atoms with E-state index in [0.29, 0.717) is 24.8 Å². The van der Waals surface area contributed by atoms with E-state index in [4.69, 9.17) is 9.47 Å². The Balaban J connectivity index is 1.18. The van der Waals surface area contributed by atoms with Crippen LogP contribution in [0.15, 0.2) is 66.2 Å². The van der Waals surface area contributed by atoms with Crippen molar-refractivity contribution in [1.29, 1.82) is 0 Å². The minimum Gasteiger partial charge on any atom is -0.423 e. The summed E-state index contributed by atoms with van der Waals surface area (Å²) in [5.74, 6) is -4.03. The van der Waals surface area contributed by atoms with Crippen LogP contribution in [0.3, 0.4) is 0 Å². The van der Waals surface area contributed by atoms with Gasteiger partial charge in [0.1, 0.15) is 12.0 Å². The minimum absolute atomic E-state index is 0.0852. The van der Waals surface area contributed by atoms with Crippen molar-refractivity contribution in [3.8, 4) is 0 Å². The van der Waals surface area contributed by atoms with Crippen molar-refractivity contribution in [3.05, 3.63) is 66.2 Å². The van der Waals surface area contributed by atoms with Crippen molar-refractivity contribution in [1.82, 2.24) is 9.80 Å². The zero-order valence-electron chi connectivity index (χ0n) is 25.0. The van der Waals surface area contributed by atoms with E-state index in [2.05, 4.69) is 18.7 Å². The molecule has 1 aromatic carbocycles. The summed E-state index contributed by atoms with van der Waals surface area (Å²) in [6.07, 6.45) is 10.8. The van der Waals surface area contributed by atoms with Gasteiger partial charge in [-0.3, -0.25) is 19.3 Å². The van der Waals surface area contributed by atoms with E-state index in [1.165, 1.54) is 25.0 Å². The molecule has 1 spiro atoms. The molecule has 4 fully saturated rings. The number of fused-ring (bicyclic) bond motifs is 2. The van der Waals surface area contributed by atoms with Gasteiger partial charge in [0.05, 0.1) is 11.5 Å². The molecule has 4 heterocycles. The van der Waals surface area contributed by atoms with Crippen LogP contribution in [0.4, 0.5) is 5.69 Å². The molecule has 0 bridgehead atoms. The number of β-lactam (4-membered cyclic amide) rings is 1. The summed E-state index contributed by atoms with van der Waals surface area (Å²) in [7, 11) is 0. The first-order valence-corrected chi connectivity index (χ1v) is 15.7. The lowest BCUT2D eigenvalue weighted by atomic mass is 9.69. The topological polar surface area (TPSA) is 114 Å². The number of anilines is 1. The van der Waals surface area contributed by atoms with E-state index in [9.17, 15) is 24.0 Å². The first-order valence-electron chi connectivity index (χ1n) is 15.7. The third-order valence-electron chi connectivity index (χ3n) is 10.7. The maximum absolute atomic E-state index is 14.1. The highest BCUT2D eigenvalue weighted by Crippen LogP contribution is 2.51. The fourth-order valence-electron chi connectivity index (χ4n) is 8.33. The molecule has 4 aliphatic heterocycles. The molecule has 10 nitrogen and oxygen atoms in total. The van der Waals surface area contributed by atoms with Gasteiger partial charge >= 0.3 is 11.9 Å². The van der Waals surface area contributed by atoms with Crippen LogP contribution < -0.4 is 4.90 Å². The predicted octanol–water partition coefficient (Wildman–Crippen LogP) is 3.49. The summed E-state index contributed by atoms with van der Waals surface area (Å²) in [4.78, 5) is 72.1. The number of amides is 3. The molecule has 1 saturated carbocycles. The third-order valence-corrected chi connectivity index (χ3v) is 10.7. The zero-order chi connectivity index (χ0) is 30.7. The van der Waals surface area contributed by atoms with Gasteiger partial charge in [0.25, 0.3) is 5.91 Å². The van der Waals surface area contributed by atoms with Gasteiger partial charge in [0.2, 0.25) is 11.8 Å². The zero-order valence-corrected chi connectivity index (χ0v) is 25.0. The number of rotatable bonds is 4. The minimum atomic E-state index is -1.20. The summed E-state index contributed by atoms with van der Waals surface area (Å²) in [5.41, 5.74) is -0.00919. The fourth-order valence-corrected chi connectivity index (χ4v) is 8.33. The number of allylic oxidation sites excluding steroid dienone is 1. The maximum Gasteiger partial charge on any atom is 0.336 e. The molecule has 2 aliphatic carbocycles. The highest BCUT2D eigenvalue weighted by Gasteiger charge is 2.68. The monoisotopic (exact) mass is 599 g/mol. The summed E-state index contributed by atoms with van der Waals surface area (Å²) in [6, 6.07) is 8.95. The first-order chi connectivity index (χ1) is 21.2. The van der Waals surface area contributed by atoms with Crippen LogP contribution in [0.5, 0.6) is 0 Å². The molecule has 0 radical (unpaired) electrons. The Morgan fingerprint density at radius 3 is 2.11 bits per heavy atom. The fraction of sp³-hybridized carbons (Fsp3) is 0.500. The Labute approximate surface area is 256 Å². The number of hydrogen-bond acceptors (Lipinski definition) is 8. The van der Waals surface area contributed by atoms with Gasteiger partial charge in [-0.1, -0.05) is 38.1 Å². The number of hydrogen-bond donors (Lipinski definition) is 0. The second-order valence-electron chi connectivity index (χ2n) is 13.2. The van der Waals surface area contributed by atoms with Gasteiger partial charge in [-0.2, -0.15) is 0 Å². The second-order valence-corrected chi connectivity index (χ2v) is 13.2. The molecule has 3 atom stereocenters. The standard InChI is InChI=1S/C34H37N3O7/c1-20(2)21-8-10-22(11-9-21)35-18-16-34(17-19-35)30(33(42)37(34)23-6-4-3-5-7-23)36-31(40)24-12-13-25-29(28(24)32(36)41)44-27(39)15-14-26(38)43-25/h3-7,12-15,20-22,24,28,30H,8-11,16-19H2,1-2H3/b15-14+. The molecule has 3 saturated heterocycles. The van der Waals surface area contributed by atoms with Crippen LogP contribution in [0.2, 0.25) is 0 Å². The van der Waals surface area contributed by atoms with Gasteiger partial charge in [-0.25, -0.2) is 9.59 Å². The van der Waals surface area contributed by atoms with Gasteiger partial charge in [0.15, 0.2) is 11.5 Å². The summed E-state index contributed by atoms with van der Waals surface area (Å²) in [5, 5.41) is 0. The molecule has 230 valence electrons. The number of nitrogens with zero attached hydrogens (tertiary/aromatic N) is 3. The Kier molecular flexibility index (Phi) is 7.07. The van der Waals surface area contributed by atoms with E-state index in [1.807, 2.05) is 30.3 Å². The van der Waals surface area contributed by atoms with Crippen molar-refractivity contribution in [2.45, 2.75) is 70.0 Å². The quantitative estimate of drug-likeness (QED) is 0.294. The van der Waals surface area contributed by atoms with E-state index in [0.717, 1.165) is 54.6 Å². The summed E-state index contributed by atoms with van der Waals surface area (Å²) < 4.78 is 10.7. The van der Waals surface area contributed by atoms with Crippen LogP contribution in [-0.4, -0.2) is 70.2 Å². The molecule has 10 heteroatoms. The Hall–Kier alpha value is -4.05. The normalized spacial score (nSPS) is 32.6. The van der Waals surface area contributed by atoms with Gasteiger partial charge < -0.3 is 19.3 Å². The summed E-state index contributed by atoms with van der Waals surface area (Å²) >= 11 is 0. The third kappa shape index (κ3) is 4.45. The lowest BCUT2D eigenvalue weighted by molar-refractivity contribution is -0.158. The number of piperidine rings is 1. The molecule has 1 aromatic rings. The number of imide groups is 1. The maximum atomic E-state index is 14.1. The molecule has 0 N–H and O–H groups in total. The van der Waals surface area contributed by atoms with Crippen LogP contribution in [0, 0.1) is 23.7 Å². The Morgan fingerprint density at radius 1 is 0.795 bits per heavy atom. The Bertz CT molecular complexity index is 1500. The molecule has 3 unspecified atom stereocenters. The molecule has 0 aromatic heterocycles. The number of likely N-dealkylation sites (tertiary alicyclic amines) is 2. The average Bonchev–Trinajstić information content (AvgIpc) is 3.26. The smallest absolute Gasteiger partial charge is 0.336 e. The van der Waals surface area contributed by atoms with E-state index < -0.39 is 47.2 Å².